The fourth-order valence-electron chi connectivity index (χ4n) is 2.19. The Balaban J connectivity index is 2.11. The summed E-state index contributed by atoms with van der Waals surface area (Å²) in [5, 5.41) is 3.54. The Morgan fingerprint density at radius 1 is 1.53 bits per heavy atom. The Bertz CT molecular complexity index is 444. The third kappa shape index (κ3) is 1.58. The molecule has 1 aromatic rings. The number of nitrogens with zero attached hydrogens (tertiary/aromatic N) is 2. The van der Waals surface area contributed by atoms with E-state index in [0.717, 1.165) is 29.8 Å². The Morgan fingerprint density at radius 3 is 3.40 bits per heavy atom. The molecule has 4 heteroatoms. The number of nitrogens with one attached hydrogen (secondary N) is 1. The number of rotatable bonds is 0. The van der Waals surface area contributed by atoms with Gasteiger partial charge in [0.25, 0.3) is 0 Å². The van der Waals surface area contributed by atoms with Gasteiger partial charge in [0.1, 0.15) is 5.82 Å². The molecule has 0 spiro atoms. The van der Waals surface area contributed by atoms with Crippen LogP contribution in [0.25, 0.3) is 5.57 Å². The van der Waals surface area contributed by atoms with Gasteiger partial charge in [-0.3, -0.25) is 0 Å². The van der Waals surface area contributed by atoms with Gasteiger partial charge in [-0.2, -0.15) is 0 Å². The van der Waals surface area contributed by atoms with Gasteiger partial charge in [-0.15, -0.1) is 0 Å². The summed E-state index contributed by atoms with van der Waals surface area (Å²) in [5.41, 5.74) is 1.30. The second-order valence-corrected chi connectivity index (χ2v) is 4.79. The predicted molar refractivity (Wildman–Crippen MR) is 63.6 cm³/mol. The van der Waals surface area contributed by atoms with Crippen molar-refractivity contribution in [3.05, 3.63) is 34.9 Å². The quantitative estimate of drug-likeness (QED) is 0.777. The lowest BCUT2D eigenvalue weighted by atomic mass is 9.98. The third-order valence-electron chi connectivity index (χ3n) is 2.93. The van der Waals surface area contributed by atoms with Crippen molar-refractivity contribution in [3.8, 4) is 0 Å². The summed E-state index contributed by atoms with van der Waals surface area (Å²) in [4.78, 5) is 4.44. The van der Waals surface area contributed by atoms with Crippen LogP contribution in [-0.2, 0) is 6.54 Å². The molecule has 0 saturated carbocycles. The highest BCUT2D eigenvalue weighted by Crippen LogP contribution is 2.29. The fraction of sp³-hybridized carbons (Fsp3) is 0.364. The van der Waals surface area contributed by atoms with Crippen LogP contribution in [0.5, 0.6) is 0 Å². The molecular weight excluding hydrogens is 254 g/mol. The minimum Gasteiger partial charge on any atom is -0.330 e. The number of hydrogen-bond acceptors (Lipinski definition) is 2. The van der Waals surface area contributed by atoms with Gasteiger partial charge in [-0.25, -0.2) is 4.98 Å². The highest BCUT2D eigenvalue weighted by molar-refractivity contribution is 9.11. The number of fused-ring (bicyclic) bond motifs is 3. The maximum Gasteiger partial charge on any atom is 0.137 e. The van der Waals surface area contributed by atoms with Gasteiger partial charge in [0.05, 0.1) is 0 Å². The molecule has 0 radical (unpaired) electrons. The zero-order valence-corrected chi connectivity index (χ0v) is 9.87. The predicted octanol–water partition coefficient (Wildman–Crippen LogP) is 1.92. The van der Waals surface area contributed by atoms with E-state index in [2.05, 4.69) is 42.9 Å². The molecule has 1 aliphatic heterocycles. The van der Waals surface area contributed by atoms with Gasteiger partial charge in [-0.1, -0.05) is 22.0 Å². The number of imidazole rings is 1. The van der Waals surface area contributed by atoms with Crippen LogP contribution >= 0.6 is 15.9 Å². The molecule has 0 aromatic carbocycles. The monoisotopic (exact) mass is 265 g/mol. The molecule has 0 amide bonds. The van der Waals surface area contributed by atoms with Crippen molar-refractivity contribution >= 4 is 21.5 Å². The molecule has 1 aromatic heterocycles. The molecule has 1 atom stereocenters. The van der Waals surface area contributed by atoms with Crippen LogP contribution in [0.1, 0.15) is 12.2 Å². The average molecular weight is 266 g/mol. The van der Waals surface area contributed by atoms with Crippen LogP contribution in [0, 0.1) is 0 Å². The van der Waals surface area contributed by atoms with Crippen molar-refractivity contribution in [2.24, 2.45) is 0 Å². The first kappa shape index (κ1) is 9.36. The minimum absolute atomic E-state index is 0.426. The average Bonchev–Trinajstić information content (AvgIpc) is 2.62. The molecule has 2 aliphatic rings. The summed E-state index contributed by atoms with van der Waals surface area (Å²) in [5.74, 6) is 1.11. The molecule has 0 saturated heterocycles. The molecular formula is C11H12BrN3. The first-order valence-electron chi connectivity index (χ1n) is 5.17. The maximum atomic E-state index is 4.44. The van der Waals surface area contributed by atoms with Crippen molar-refractivity contribution in [1.82, 2.24) is 14.9 Å². The van der Waals surface area contributed by atoms with Crippen LogP contribution < -0.4 is 5.32 Å². The highest BCUT2D eigenvalue weighted by atomic mass is 79.9. The largest absolute Gasteiger partial charge is 0.330 e. The Kier molecular flexibility index (Phi) is 2.25. The molecule has 78 valence electrons. The van der Waals surface area contributed by atoms with Gasteiger partial charge >= 0.3 is 0 Å². The van der Waals surface area contributed by atoms with Gasteiger partial charge in [-0.05, 0) is 12.5 Å². The Labute approximate surface area is 97.0 Å². The summed E-state index contributed by atoms with van der Waals surface area (Å²) in [6.45, 7) is 2.01. The molecule has 2 heterocycles. The minimum atomic E-state index is 0.426. The van der Waals surface area contributed by atoms with Crippen LogP contribution in [-0.4, -0.2) is 22.1 Å². The summed E-state index contributed by atoms with van der Waals surface area (Å²) >= 11 is 3.54. The molecule has 3 rings (SSSR count). The number of hydrogen-bond donors (Lipinski definition) is 1. The molecule has 15 heavy (non-hydrogen) atoms. The molecule has 1 aliphatic carbocycles. The van der Waals surface area contributed by atoms with E-state index in [-0.39, 0.29) is 0 Å². The molecule has 1 N–H and O–H groups in total. The molecule has 0 fully saturated rings. The number of aromatic nitrogens is 2. The van der Waals surface area contributed by atoms with Crippen molar-refractivity contribution in [1.29, 1.82) is 0 Å². The van der Waals surface area contributed by atoms with E-state index in [1.165, 1.54) is 5.57 Å². The van der Waals surface area contributed by atoms with E-state index in [1.54, 1.807) is 0 Å². The van der Waals surface area contributed by atoms with Gasteiger partial charge in [0.15, 0.2) is 0 Å². The lowest BCUT2D eigenvalue weighted by Gasteiger charge is -2.20. The highest BCUT2D eigenvalue weighted by Gasteiger charge is 2.24. The Hall–Kier alpha value is -0.870. The Morgan fingerprint density at radius 2 is 2.47 bits per heavy atom. The third-order valence-corrected chi connectivity index (χ3v) is 3.49. The summed E-state index contributed by atoms with van der Waals surface area (Å²) in [6, 6.07) is 0.426. The summed E-state index contributed by atoms with van der Waals surface area (Å²) in [6.07, 6.45) is 9.35. The van der Waals surface area contributed by atoms with Gasteiger partial charge in [0.2, 0.25) is 0 Å². The lowest BCUT2D eigenvalue weighted by Crippen LogP contribution is -2.30. The van der Waals surface area contributed by atoms with Gasteiger partial charge in [0, 0.05) is 41.6 Å². The molecule has 1 unspecified atom stereocenters. The number of allylic oxidation sites excluding steroid dienone is 2. The standard InChI is InChI=1S/C11H12BrN3/c12-8-1-2-10-9(7-8)11-14-4-6-15(11)5-3-13-10/h1,4,6-7,10,13H,2-3,5H2. The molecule has 3 nitrogen and oxygen atoms in total. The SMILES string of the molecule is BrC1=CCC2NCCn3ccnc3C2=C1. The lowest BCUT2D eigenvalue weighted by molar-refractivity contribution is 0.580. The van der Waals surface area contributed by atoms with Crippen molar-refractivity contribution in [2.75, 3.05) is 6.54 Å². The van der Waals surface area contributed by atoms with Crippen LogP contribution in [0.4, 0.5) is 0 Å². The smallest absolute Gasteiger partial charge is 0.137 e. The van der Waals surface area contributed by atoms with E-state index < -0.39 is 0 Å². The van der Waals surface area contributed by atoms with E-state index >= 15 is 0 Å². The molecule has 0 bridgehead atoms. The van der Waals surface area contributed by atoms with E-state index in [9.17, 15) is 0 Å². The second-order valence-electron chi connectivity index (χ2n) is 3.88. The zero-order chi connectivity index (χ0) is 10.3. The van der Waals surface area contributed by atoms with Crippen LogP contribution in [0.3, 0.4) is 0 Å². The summed E-state index contributed by atoms with van der Waals surface area (Å²) in [7, 11) is 0. The maximum absolute atomic E-state index is 4.44. The first-order valence-corrected chi connectivity index (χ1v) is 5.96. The topological polar surface area (TPSA) is 29.9 Å². The summed E-state index contributed by atoms with van der Waals surface area (Å²) < 4.78 is 3.37. The van der Waals surface area contributed by atoms with Crippen LogP contribution in [0.15, 0.2) is 29.0 Å². The number of halogens is 1. The van der Waals surface area contributed by atoms with E-state index in [1.807, 2.05) is 12.4 Å². The van der Waals surface area contributed by atoms with Crippen molar-refractivity contribution < 1.29 is 0 Å². The first-order chi connectivity index (χ1) is 7.34. The zero-order valence-electron chi connectivity index (χ0n) is 8.28. The second kappa shape index (κ2) is 3.61. The van der Waals surface area contributed by atoms with Crippen LogP contribution in [0.2, 0.25) is 0 Å². The van der Waals surface area contributed by atoms with E-state index in [4.69, 9.17) is 0 Å². The fourth-order valence-corrected chi connectivity index (χ4v) is 2.62. The van der Waals surface area contributed by atoms with E-state index in [0.29, 0.717) is 6.04 Å². The van der Waals surface area contributed by atoms with Crippen molar-refractivity contribution in [3.63, 3.8) is 0 Å². The normalized spacial score (nSPS) is 24.7. The van der Waals surface area contributed by atoms with Gasteiger partial charge < -0.3 is 9.88 Å². The van der Waals surface area contributed by atoms with Crippen molar-refractivity contribution in [2.45, 2.75) is 19.0 Å².